The third-order valence-electron chi connectivity index (χ3n) is 3.04. The Labute approximate surface area is 115 Å². The average molecular weight is 280 g/mol. The normalized spacial score (nSPS) is 17.1. The SMILES string of the molecule is CN1CCN(Nc2sc(C(N)=O)c(N)c2C#N)CC1. The largest absolute Gasteiger partial charge is 0.396 e. The topological polar surface area (TPSA) is 111 Å². The second kappa shape index (κ2) is 5.44. The van der Waals surface area contributed by atoms with Crippen LogP contribution in [0, 0.1) is 11.3 Å². The van der Waals surface area contributed by atoms with Crippen molar-refractivity contribution in [3.8, 4) is 6.07 Å². The van der Waals surface area contributed by atoms with Gasteiger partial charge in [-0.15, -0.1) is 11.3 Å². The molecule has 1 fully saturated rings. The summed E-state index contributed by atoms with van der Waals surface area (Å²) in [5.74, 6) is -0.606. The molecular weight excluding hydrogens is 264 g/mol. The fraction of sp³-hybridized carbons (Fsp3) is 0.455. The Bertz CT molecular complexity index is 526. The molecule has 1 aromatic heterocycles. The van der Waals surface area contributed by atoms with Crippen molar-refractivity contribution < 1.29 is 4.79 Å². The Morgan fingerprint density at radius 1 is 1.42 bits per heavy atom. The smallest absolute Gasteiger partial charge is 0.261 e. The molecule has 0 aliphatic carbocycles. The number of nitrogen functional groups attached to an aromatic ring is 1. The monoisotopic (exact) mass is 280 g/mol. The fourth-order valence-corrected chi connectivity index (χ4v) is 2.83. The van der Waals surface area contributed by atoms with Gasteiger partial charge in [-0.1, -0.05) is 0 Å². The van der Waals surface area contributed by atoms with Crippen LogP contribution in [-0.4, -0.2) is 49.0 Å². The van der Waals surface area contributed by atoms with Crippen LogP contribution in [0.5, 0.6) is 0 Å². The van der Waals surface area contributed by atoms with Crippen molar-refractivity contribution in [3.63, 3.8) is 0 Å². The number of likely N-dealkylation sites (N-methyl/N-ethyl adjacent to an activating group) is 1. The van der Waals surface area contributed by atoms with Crippen molar-refractivity contribution in [2.45, 2.75) is 0 Å². The fourth-order valence-electron chi connectivity index (χ4n) is 1.88. The highest BCUT2D eigenvalue weighted by Crippen LogP contribution is 2.35. The third kappa shape index (κ3) is 2.78. The summed E-state index contributed by atoms with van der Waals surface area (Å²) in [5, 5.41) is 11.7. The van der Waals surface area contributed by atoms with E-state index in [4.69, 9.17) is 16.7 Å². The van der Waals surface area contributed by atoms with Gasteiger partial charge in [0.05, 0.1) is 5.69 Å². The number of hydrogen-bond acceptors (Lipinski definition) is 7. The van der Waals surface area contributed by atoms with Crippen LogP contribution in [0.25, 0.3) is 0 Å². The summed E-state index contributed by atoms with van der Waals surface area (Å²) in [4.78, 5) is 13.7. The van der Waals surface area contributed by atoms with Crippen LogP contribution < -0.4 is 16.9 Å². The minimum atomic E-state index is -0.606. The Morgan fingerprint density at radius 2 is 2.05 bits per heavy atom. The predicted octanol–water partition coefficient (Wildman–Crippen LogP) is -0.125. The number of nitriles is 1. The molecule has 0 bridgehead atoms. The van der Waals surface area contributed by atoms with Crippen LogP contribution in [0.4, 0.5) is 10.7 Å². The first-order chi connectivity index (χ1) is 9.02. The highest BCUT2D eigenvalue weighted by atomic mass is 32.1. The number of thiophene rings is 1. The molecule has 0 saturated carbocycles. The molecule has 2 rings (SSSR count). The van der Waals surface area contributed by atoms with Crippen LogP contribution in [0.2, 0.25) is 0 Å². The number of hydrazine groups is 1. The molecule has 19 heavy (non-hydrogen) atoms. The molecule has 0 spiro atoms. The van der Waals surface area contributed by atoms with E-state index >= 15 is 0 Å². The van der Waals surface area contributed by atoms with Crippen LogP contribution in [0.3, 0.4) is 0 Å². The van der Waals surface area contributed by atoms with Gasteiger partial charge in [0.2, 0.25) is 0 Å². The zero-order valence-corrected chi connectivity index (χ0v) is 11.5. The van der Waals surface area contributed by atoms with Gasteiger partial charge in [0.25, 0.3) is 5.91 Å². The molecular formula is C11H16N6OS. The van der Waals surface area contributed by atoms with Crippen LogP contribution in [0.15, 0.2) is 0 Å². The number of carbonyl (C=O) groups excluding carboxylic acids is 1. The molecule has 2 heterocycles. The van der Waals surface area contributed by atoms with Crippen LogP contribution in [0.1, 0.15) is 15.2 Å². The molecule has 5 N–H and O–H groups in total. The lowest BCUT2D eigenvalue weighted by Crippen LogP contribution is -2.46. The molecule has 1 aliphatic heterocycles. The lowest BCUT2D eigenvalue weighted by Gasteiger charge is -2.32. The van der Waals surface area contributed by atoms with Gasteiger partial charge in [0.1, 0.15) is 21.5 Å². The number of hydrogen-bond donors (Lipinski definition) is 3. The number of anilines is 2. The molecule has 1 saturated heterocycles. The highest BCUT2D eigenvalue weighted by molar-refractivity contribution is 7.18. The first kappa shape index (κ1) is 13.6. The van der Waals surface area contributed by atoms with E-state index in [9.17, 15) is 4.79 Å². The maximum atomic E-state index is 11.2. The summed E-state index contributed by atoms with van der Waals surface area (Å²) in [6.07, 6.45) is 0. The van der Waals surface area contributed by atoms with E-state index in [-0.39, 0.29) is 16.1 Å². The summed E-state index contributed by atoms with van der Waals surface area (Å²) in [7, 11) is 2.06. The molecule has 7 nitrogen and oxygen atoms in total. The van der Waals surface area contributed by atoms with Gasteiger partial charge in [-0.25, -0.2) is 5.01 Å². The van der Waals surface area contributed by atoms with Crippen molar-refractivity contribution in [1.29, 1.82) is 5.26 Å². The van der Waals surface area contributed by atoms with Crippen molar-refractivity contribution in [2.24, 2.45) is 5.73 Å². The van der Waals surface area contributed by atoms with Gasteiger partial charge >= 0.3 is 0 Å². The molecule has 0 radical (unpaired) electrons. The molecule has 1 aliphatic rings. The van der Waals surface area contributed by atoms with E-state index in [0.29, 0.717) is 5.00 Å². The van der Waals surface area contributed by atoms with E-state index in [1.807, 2.05) is 11.1 Å². The van der Waals surface area contributed by atoms with Gasteiger partial charge in [-0.2, -0.15) is 5.26 Å². The zero-order chi connectivity index (χ0) is 14.0. The zero-order valence-electron chi connectivity index (χ0n) is 10.6. The predicted molar refractivity (Wildman–Crippen MR) is 74.7 cm³/mol. The minimum absolute atomic E-state index is 0.164. The van der Waals surface area contributed by atoms with Gasteiger partial charge in [0, 0.05) is 26.2 Å². The summed E-state index contributed by atoms with van der Waals surface area (Å²) >= 11 is 1.12. The molecule has 1 amide bonds. The number of carbonyl (C=O) groups is 1. The maximum absolute atomic E-state index is 11.2. The van der Waals surface area contributed by atoms with E-state index in [2.05, 4.69) is 17.4 Å². The van der Waals surface area contributed by atoms with E-state index in [1.165, 1.54) is 0 Å². The minimum Gasteiger partial charge on any atom is -0.396 e. The second-order valence-electron chi connectivity index (χ2n) is 4.43. The Kier molecular flexibility index (Phi) is 3.90. The van der Waals surface area contributed by atoms with Gasteiger partial charge < -0.3 is 21.8 Å². The van der Waals surface area contributed by atoms with E-state index < -0.39 is 5.91 Å². The van der Waals surface area contributed by atoms with Gasteiger partial charge in [0.15, 0.2) is 0 Å². The Morgan fingerprint density at radius 3 is 2.58 bits per heavy atom. The molecule has 8 heteroatoms. The highest BCUT2D eigenvalue weighted by Gasteiger charge is 2.22. The number of primary amides is 1. The van der Waals surface area contributed by atoms with Crippen LogP contribution >= 0.6 is 11.3 Å². The quantitative estimate of drug-likeness (QED) is 0.711. The molecule has 1 aromatic rings. The first-order valence-electron chi connectivity index (χ1n) is 5.85. The van der Waals surface area contributed by atoms with Crippen molar-refractivity contribution in [1.82, 2.24) is 9.91 Å². The van der Waals surface area contributed by atoms with E-state index in [1.54, 1.807) is 0 Å². The first-order valence-corrected chi connectivity index (χ1v) is 6.67. The maximum Gasteiger partial charge on any atom is 0.261 e. The van der Waals surface area contributed by atoms with Crippen LogP contribution in [-0.2, 0) is 0 Å². The number of piperazine rings is 1. The number of nitrogens with two attached hydrogens (primary N) is 2. The lowest BCUT2D eigenvalue weighted by molar-refractivity contribution is 0.100. The Hall–Kier alpha value is -1.82. The molecule has 0 atom stereocenters. The van der Waals surface area contributed by atoms with E-state index in [0.717, 1.165) is 37.5 Å². The second-order valence-corrected chi connectivity index (χ2v) is 5.45. The standard InChI is InChI=1S/C11H16N6OS/c1-16-2-4-17(5-3-16)15-11-7(6-12)8(13)9(19-11)10(14)18/h15H,2-5,13H2,1H3,(H2,14,18). The number of nitrogens with zero attached hydrogens (tertiary/aromatic N) is 3. The summed E-state index contributed by atoms with van der Waals surface area (Å²) in [5.41, 5.74) is 14.6. The van der Waals surface area contributed by atoms with Gasteiger partial charge in [-0.05, 0) is 7.05 Å². The third-order valence-corrected chi connectivity index (χ3v) is 4.17. The number of amides is 1. The Balaban J connectivity index is 2.18. The molecule has 102 valence electrons. The van der Waals surface area contributed by atoms with Gasteiger partial charge in [-0.3, -0.25) is 4.79 Å². The van der Waals surface area contributed by atoms with Crippen molar-refractivity contribution in [3.05, 3.63) is 10.4 Å². The number of rotatable bonds is 3. The van der Waals surface area contributed by atoms with Crippen molar-refractivity contribution >= 4 is 27.9 Å². The lowest BCUT2D eigenvalue weighted by atomic mass is 10.2. The average Bonchev–Trinajstić information content (AvgIpc) is 2.68. The molecule has 0 aromatic carbocycles. The summed E-state index contributed by atoms with van der Waals surface area (Å²) in [6.45, 7) is 3.56. The van der Waals surface area contributed by atoms with Crippen molar-refractivity contribution in [2.75, 3.05) is 44.4 Å². The summed E-state index contributed by atoms with van der Waals surface area (Å²) in [6, 6.07) is 2.02. The number of nitrogens with one attached hydrogen (secondary N) is 1. The molecule has 0 unspecified atom stereocenters. The summed E-state index contributed by atoms with van der Waals surface area (Å²) < 4.78 is 0.